The van der Waals surface area contributed by atoms with Gasteiger partial charge < -0.3 is 4.74 Å². The zero-order valence-corrected chi connectivity index (χ0v) is 13.0. The van der Waals surface area contributed by atoms with Crippen LogP contribution in [0.5, 0.6) is 5.75 Å². The molecule has 0 fully saturated rings. The third kappa shape index (κ3) is 3.69. The molecule has 1 heterocycles. The van der Waals surface area contributed by atoms with Crippen molar-refractivity contribution in [3.63, 3.8) is 0 Å². The van der Waals surface area contributed by atoms with Gasteiger partial charge in [0.2, 0.25) is 0 Å². The van der Waals surface area contributed by atoms with Gasteiger partial charge in [-0.05, 0) is 27.7 Å². The average Bonchev–Trinajstić information content (AvgIpc) is 2.32. The van der Waals surface area contributed by atoms with E-state index >= 15 is 0 Å². The van der Waals surface area contributed by atoms with Crippen molar-refractivity contribution >= 4 is 0 Å². The lowest BCUT2D eigenvalue weighted by atomic mass is 10.1. The first kappa shape index (κ1) is 16.1. The molecule has 0 bridgehead atoms. The van der Waals surface area contributed by atoms with Crippen LogP contribution >= 0.6 is 0 Å². The van der Waals surface area contributed by atoms with Crippen molar-refractivity contribution in [1.82, 2.24) is 9.55 Å². The third-order valence-electron chi connectivity index (χ3n) is 2.99. The summed E-state index contributed by atoms with van der Waals surface area (Å²) in [6, 6.07) is 4.37. The van der Waals surface area contributed by atoms with Crippen LogP contribution in [0.3, 0.4) is 0 Å². The lowest BCUT2D eigenvalue weighted by Crippen LogP contribution is -2.37. The maximum absolute atomic E-state index is 13.2. The topological polar surface area (TPSA) is 44.1 Å². The highest BCUT2D eigenvalue weighted by molar-refractivity contribution is 5.24. The van der Waals surface area contributed by atoms with E-state index in [2.05, 4.69) is 4.98 Å². The number of aromatic nitrogens is 2. The van der Waals surface area contributed by atoms with Gasteiger partial charge in [-0.25, -0.2) is 13.8 Å². The number of hydrogen-bond donors (Lipinski definition) is 0. The van der Waals surface area contributed by atoms with E-state index in [-0.39, 0.29) is 17.9 Å². The van der Waals surface area contributed by atoms with Crippen LogP contribution in [0.4, 0.5) is 8.78 Å². The van der Waals surface area contributed by atoms with E-state index in [0.717, 1.165) is 18.2 Å². The van der Waals surface area contributed by atoms with Gasteiger partial charge in [0, 0.05) is 35.5 Å². The molecule has 0 unspecified atom stereocenters. The Balaban J connectivity index is 2.35. The van der Waals surface area contributed by atoms with Gasteiger partial charge >= 0.3 is 0 Å². The summed E-state index contributed by atoms with van der Waals surface area (Å²) in [5.41, 5.74) is -0.109. The molecule has 22 heavy (non-hydrogen) atoms. The standard InChI is InChI=1S/C16H18F2N2O2/c1-10-5-15(21)20(16(2,3)4)14(19-10)9-22-13-7-11(17)6-12(18)8-13/h5-8H,9H2,1-4H3. The summed E-state index contributed by atoms with van der Waals surface area (Å²) in [6.45, 7) is 7.27. The first-order valence-corrected chi connectivity index (χ1v) is 6.86. The molecule has 0 aliphatic rings. The van der Waals surface area contributed by atoms with Crippen LogP contribution in [-0.2, 0) is 12.1 Å². The van der Waals surface area contributed by atoms with E-state index in [1.807, 2.05) is 20.8 Å². The maximum Gasteiger partial charge on any atom is 0.254 e. The zero-order valence-electron chi connectivity index (χ0n) is 13.0. The summed E-state index contributed by atoms with van der Waals surface area (Å²) in [6.07, 6.45) is 0. The molecule has 0 aliphatic carbocycles. The molecule has 0 atom stereocenters. The molecule has 0 aliphatic heterocycles. The summed E-state index contributed by atoms with van der Waals surface area (Å²) >= 11 is 0. The Morgan fingerprint density at radius 2 is 1.73 bits per heavy atom. The highest BCUT2D eigenvalue weighted by Gasteiger charge is 2.20. The Hall–Kier alpha value is -2.24. The van der Waals surface area contributed by atoms with Gasteiger partial charge in [0.1, 0.15) is 29.8 Å². The first-order chi connectivity index (χ1) is 10.2. The van der Waals surface area contributed by atoms with Crippen molar-refractivity contribution < 1.29 is 13.5 Å². The summed E-state index contributed by atoms with van der Waals surface area (Å²) in [5, 5.41) is 0. The molecule has 0 saturated heterocycles. The molecule has 1 aromatic carbocycles. The molecule has 0 N–H and O–H groups in total. The van der Waals surface area contributed by atoms with Gasteiger partial charge in [-0.2, -0.15) is 0 Å². The van der Waals surface area contributed by atoms with Crippen LogP contribution in [0.2, 0.25) is 0 Å². The van der Waals surface area contributed by atoms with E-state index in [1.54, 1.807) is 6.92 Å². The zero-order chi connectivity index (χ0) is 16.5. The third-order valence-corrected chi connectivity index (χ3v) is 2.99. The number of aryl methyl sites for hydroxylation is 1. The van der Waals surface area contributed by atoms with Crippen LogP contribution in [0.1, 0.15) is 32.3 Å². The quantitative estimate of drug-likeness (QED) is 0.875. The number of ether oxygens (including phenoxy) is 1. The first-order valence-electron chi connectivity index (χ1n) is 6.86. The molecule has 0 radical (unpaired) electrons. The lowest BCUT2D eigenvalue weighted by molar-refractivity contribution is 0.261. The van der Waals surface area contributed by atoms with Crippen molar-refractivity contribution in [2.24, 2.45) is 0 Å². The normalized spacial score (nSPS) is 11.5. The number of benzene rings is 1. The fourth-order valence-corrected chi connectivity index (χ4v) is 2.23. The number of rotatable bonds is 3. The molecular weight excluding hydrogens is 290 g/mol. The Bertz CT molecular complexity index is 729. The molecule has 0 amide bonds. The van der Waals surface area contributed by atoms with Gasteiger partial charge in [-0.15, -0.1) is 0 Å². The van der Waals surface area contributed by atoms with Crippen molar-refractivity contribution in [2.75, 3.05) is 0 Å². The van der Waals surface area contributed by atoms with Crippen LogP contribution in [-0.4, -0.2) is 9.55 Å². The summed E-state index contributed by atoms with van der Waals surface area (Å²) in [5.74, 6) is -0.989. The number of halogens is 2. The highest BCUT2D eigenvalue weighted by Crippen LogP contribution is 2.18. The Morgan fingerprint density at radius 3 is 2.27 bits per heavy atom. The molecule has 6 heteroatoms. The van der Waals surface area contributed by atoms with Crippen molar-refractivity contribution in [3.05, 3.63) is 57.8 Å². The predicted molar refractivity (Wildman–Crippen MR) is 78.9 cm³/mol. The van der Waals surface area contributed by atoms with Gasteiger partial charge in [0.15, 0.2) is 0 Å². The fraction of sp³-hybridized carbons (Fsp3) is 0.375. The largest absolute Gasteiger partial charge is 0.485 e. The maximum atomic E-state index is 13.2. The fourth-order valence-electron chi connectivity index (χ4n) is 2.23. The Labute approximate surface area is 127 Å². The molecule has 1 aromatic heterocycles. The highest BCUT2D eigenvalue weighted by atomic mass is 19.1. The summed E-state index contributed by atoms with van der Waals surface area (Å²) < 4.78 is 33.2. The van der Waals surface area contributed by atoms with Crippen LogP contribution < -0.4 is 10.3 Å². The van der Waals surface area contributed by atoms with Crippen molar-refractivity contribution in [3.8, 4) is 5.75 Å². The summed E-state index contributed by atoms with van der Waals surface area (Å²) in [7, 11) is 0. The number of nitrogens with zero attached hydrogens (tertiary/aromatic N) is 2. The second-order valence-electron chi connectivity index (χ2n) is 6.05. The molecule has 0 spiro atoms. The summed E-state index contributed by atoms with van der Waals surface area (Å²) in [4.78, 5) is 16.5. The Kier molecular flexibility index (Phi) is 4.30. The second kappa shape index (κ2) is 5.87. The van der Waals surface area contributed by atoms with E-state index in [1.165, 1.54) is 10.6 Å². The van der Waals surface area contributed by atoms with E-state index in [9.17, 15) is 13.6 Å². The van der Waals surface area contributed by atoms with E-state index < -0.39 is 17.2 Å². The molecule has 118 valence electrons. The van der Waals surface area contributed by atoms with Gasteiger partial charge in [0.05, 0.1) is 0 Å². The molecule has 4 nitrogen and oxygen atoms in total. The van der Waals surface area contributed by atoms with Gasteiger partial charge in [0.25, 0.3) is 5.56 Å². The molecule has 0 saturated carbocycles. The van der Waals surface area contributed by atoms with Crippen molar-refractivity contribution in [1.29, 1.82) is 0 Å². The lowest BCUT2D eigenvalue weighted by Gasteiger charge is -2.25. The average molecular weight is 308 g/mol. The predicted octanol–water partition coefficient (Wildman–Crippen LogP) is 3.16. The molecule has 2 rings (SSSR count). The van der Waals surface area contributed by atoms with E-state index in [4.69, 9.17) is 4.74 Å². The van der Waals surface area contributed by atoms with Gasteiger partial charge in [-0.1, -0.05) is 0 Å². The van der Waals surface area contributed by atoms with Crippen LogP contribution in [0, 0.1) is 18.6 Å². The van der Waals surface area contributed by atoms with Gasteiger partial charge in [-0.3, -0.25) is 9.36 Å². The molecule has 2 aromatic rings. The van der Waals surface area contributed by atoms with Crippen LogP contribution in [0.15, 0.2) is 29.1 Å². The van der Waals surface area contributed by atoms with Crippen LogP contribution in [0.25, 0.3) is 0 Å². The monoisotopic (exact) mass is 308 g/mol. The molecular formula is C16H18F2N2O2. The SMILES string of the molecule is Cc1cc(=O)n(C(C)(C)C)c(COc2cc(F)cc(F)c2)n1. The smallest absolute Gasteiger partial charge is 0.254 e. The Morgan fingerprint density at radius 1 is 1.14 bits per heavy atom. The van der Waals surface area contributed by atoms with Crippen molar-refractivity contribution in [2.45, 2.75) is 39.8 Å². The van der Waals surface area contributed by atoms with E-state index in [0.29, 0.717) is 11.5 Å². The minimum absolute atomic E-state index is 0.0497. The number of hydrogen-bond acceptors (Lipinski definition) is 3. The minimum atomic E-state index is -0.722. The minimum Gasteiger partial charge on any atom is -0.485 e. The second-order valence-corrected chi connectivity index (χ2v) is 6.05.